The smallest absolute Gasteiger partial charge is 0.337 e. The maximum absolute atomic E-state index is 12.0. The van der Waals surface area contributed by atoms with E-state index < -0.39 is 18.0 Å². The van der Waals surface area contributed by atoms with Crippen molar-refractivity contribution in [1.82, 2.24) is 10.6 Å². The summed E-state index contributed by atoms with van der Waals surface area (Å²) < 4.78 is 10.1. The van der Waals surface area contributed by atoms with Gasteiger partial charge in [-0.3, -0.25) is 0 Å². The first kappa shape index (κ1) is 17.0. The Hall–Kier alpha value is -2.41. The molecular formula is C15H17ClN2O5. The van der Waals surface area contributed by atoms with E-state index in [1.807, 2.05) is 0 Å². The molecule has 1 aromatic rings. The lowest BCUT2D eigenvalue weighted by Gasteiger charge is -2.28. The van der Waals surface area contributed by atoms with Gasteiger partial charge in [-0.1, -0.05) is 11.6 Å². The second-order valence-corrected chi connectivity index (χ2v) is 5.25. The highest BCUT2D eigenvalue weighted by Crippen LogP contribution is 2.39. The zero-order chi connectivity index (χ0) is 17.1. The van der Waals surface area contributed by atoms with Gasteiger partial charge >= 0.3 is 12.0 Å². The Balaban J connectivity index is 2.56. The molecule has 2 rings (SSSR count). The summed E-state index contributed by atoms with van der Waals surface area (Å²) in [4.78, 5) is 23.8. The van der Waals surface area contributed by atoms with E-state index in [2.05, 4.69) is 10.6 Å². The average Bonchev–Trinajstić information content (AvgIpc) is 2.50. The summed E-state index contributed by atoms with van der Waals surface area (Å²) in [6, 6.07) is 1.76. The molecule has 0 spiro atoms. The molecular weight excluding hydrogens is 324 g/mol. The fraction of sp³-hybridized carbons (Fsp3) is 0.333. The first-order valence-corrected chi connectivity index (χ1v) is 7.28. The third kappa shape index (κ3) is 3.34. The van der Waals surface area contributed by atoms with Gasteiger partial charge in [-0.25, -0.2) is 9.59 Å². The number of ether oxygens (including phenoxy) is 2. The van der Waals surface area contributed by atoms with Gasteiger partial charge in [0, 0.05) is 5.70 Å². The summed E-state index contributed by atoms with van der Waals surface area (Å²) in [5.41, 5.74) is 1.12. The van der Waals surface area contributed by atoms with Crippen molar-refractivity contribution >= 4 is 23.6 Å². The molecule has 0 fully saturated rings. The fourth-order valence-corrected chi connectivity index (χ4v) is 2.57. The summed E-state index contributed by atoms with van der Waals surface area (Å²) >= 11 is 6.02. The van der Waals surface area contributed by atoms with Gasteiger partial charge in [0.1, 0.15) is 0 Å². The lowest BCUT2D eigenvalue weighted by atomic mass is 9.95. The average molecular weight is 341 g/mol. The number of carbonyl (C=O) groups is 2. The van der Waals surface area contributed by atoms with Gasteiger partial charge in [-0.2, -0.15) is 0 Å². The van der Waals surface area contributed by atoms with Crippen LogP contribution in [-0.4, -0.2) is 30.8 Å². The van der Waals surface area contributed by atoms with Crippen molar-refractivity contribution in [3.63, 3.8) is 0 Å². The normalized spacial score (nSPS) is 17.4. The largest absolute Gasteiger partial charge is 0.503 e. The minimum atomic E-state index is -0.770. The zero-order valence-electron chi connectivity index (χ0n) is 12.9. The maximum atomic E-state index is 12.0. The molecule has 1 aliphatic rings. The number of phenolic OH excluding ortho intramolecular Hbond substituents is 1. The third-order valence-electron chi connectivity index (χ3n) is 3.36. The predicted octanol–water partition coefficient (Wildman–Crippen LogP) is 2.25. The van der Waals surface area contributed by atoms with Crippen LogP contribution in [0, 0.1) is 0 Å². The van der Waals surface area contributed by atoms with E-state index in [1.165, 1.54) is 19.2 Å². The Morgan fingerprint density at radius 2 is 2.13 bits per heavy atom. The SMILES string of the molecule is CCOc1cc(C2NC(=O)NC(C)=C2C(=O)OC)cc(Cl)c1O. The van der Waals surface area contributed by atoms with Crippen molar-refractivity contribution in [2.75, 3.05) is 13.7 Å². The molecule has 124 valence electrons. The topological polar surface area (TPSA) is 96.9 Å². The minimum absolute atomic E-state index is 0.0561. The van der Waals surface area contributed by atoms with E-state index in [0.717, 1.165) is 0 Å². The number of methoxy groups -OCH3 is 1. The highest BCUT2D eigenvalue weighted by molar-refractivity contribution is 6.32. The van der Waals surface area contributed by atoms with Crippen LogP contribution in [0.4, 0.5) is 4.79 Å². The van der Waals surface area contributed by atoms with Gasteiger partial charge < -0.3 is 25.2 Å². The summed E-state index contributed by atoms with van der Waals surface area (Å²) in [6.45, 7) is 3.68. The Bertz CT molecular complexity index is 687. The second-order valence-electron chi connectivity index (χ2n) is 4.84. The number of nitrogens with one attached hydrogen (secondary N) is 2. The van der Waals surface area contributed by atoms with Crippen LogP contribution in [0.25, 0.3) is 0 Å². The standard InChI is InChI=1S/C15H17ClN2O5/c1-4-23-10-6-8(5-9(16)13(10)19)12-11(14(20)22-3)7(2)17-15(21)18-12/h5-6,12,19H,4H2,1-3H3,(H2,17,18,21). The number of phenols is 1. The zero-order valence-corrected chi connectivity index (χ0v) is 13.7. The quantitative estimate of drug-likeness (QED) is 0.730. The van der Waals surface area contributed by atoms with Crippen LogP contribution in [0.1, 0.15) is 25.5 Å². The molecule has 0 bridgehead atoms. The van der Waals surface area contributed by atoms with Gasteiger partial charge in [0.05, 0.1) is 30.4 Å². The van der Waals surface area contributed by atoms with E-state index >= 15 is 0 Å². The van der Waals surface area contributed by atoms with Crippen molar-refractivity contribution in [1.29, 1.82) is 0 Å². The van der Waals surface area contributed by atoms with Crippen LogP contribution in [0.2, 0.25) is 5.02 Å². The number of carbonyl (C=O) groups excluding carboxylic acids is 2. The molecule has 2 amide bonds. The van der Waals surface area contributed by atoms with E-state index in [-0.39, 0.29) is 22.1 Å². The number of rotatable bonds is 4. The summed E-state index contributed by atoms with van der Waals surface area (Å²) in [5, 5.41) is 15.1. The van der Waals surface area contributed by atoms with Gasteiger partial charge in [-0.05, 0) is 31.5 Å². The van der Waals surface area contributed by atoms with Crippen LogP contribution in [0.15, 0.2) is 23.4 Å². The van der Waals surface area contributed by atoms with Crippen LogP contribution >= 0.6 is 11.6 Å². The summed E-state index contributed by atoms with van der Waals surface area (Å²) in [5.74, 6) is -0.607. The van der Waals surface area contributed by atoms with Crippen LogP contribution in [-0.2, 0) is 9.53 Å². The number of urea groups is 1. The first-order chi connectivity index (χ1) is 10.9. The lowest BCUT2D eigenvalue weighted by molar-refractivity contribution is -0.136. The van der Waals surface area contributed by atoms with Crippen molar-refractivity contribution in [3.8, 4) is 11.5 Å². The Kier molecular flexibility index (Phi) is 5.00. The molecule has 1 heterocycles. The van der Waals surface area contributed by atoms with Crippen molar-refractivity contribution in [2.45, 2.75) is 19.9 Å². The van der Waals surface area contributed by atoms with Gasteiger partial charge in [0.2, 0.25) is 0 Å². The molecule has 23 heavy (non-hydrogen) atoms. The van der Waals surface area contributed by atoms with Crippen LogP contribution in [0.3, 0.4) is 0 Å². The van der Waals surface area contributed by atoms with E-state index in [0.29, 0.717) is 17.9 Å². The number of allylic oxidation sites excluding steroid dienone is 1. The van der Waals surface area contributed by atoms with Crippen LogP contribution < -0.4 is 15.4 Å². The number of hydrogen-bond acceptors (Lipinski definition) is 5. The molecule has 7 nitrogen and oxygen atoms in total. The van der Waals surface area contributed by atoms with Gasteiger partial charge in [0.15, 0.2) is 11.5 Å². The van der Waals surface area contributed by atoms with E-state index in [4.69, 9.17) is 21.1 Å². The van der Waals surface area contributed by atoms with Gasteiger partial charge in [-0.15, -0.1) is 0 Å². The molecule has 1 aromatic carbocycles. The van der Waals surface area contributed by atoms with Crippen molar-refractivity contribution in [3.05, 3.63) is 34.0 Å². The molecule has 1 atom stereocenters. The van der Waals surface area contributed by atoms with E-state index in [9.17, 15) is 14.7 Å². The molecule has 1 aliphatic heterocycles. The molecule has 0 aromatic heterocycles. The first-order valence-electron chi connectivity index (χ1n) is 6.90. The number of aromatic hydroxyl groups is 1. The molecule has 3 N–H and O–H groups in total. The molecule has 0 saturated carbocycles. The summed E-state index contributed by atoms with van der Waals surface area (Å²) in [7, 11) is 1.26. The summed E-state index contributed by atoms with van der Waals surface area (Å²) in [6.07, 6.45) is 0. The Labute approximate surface area is 138 Å². The Morgan fingerprint density at radius 1 is 1.43 bits per heavy atom. The van der Waals surface area contributed by atoms with Crippen molar-refractivity contribution in [2.24, 2.45) is 0 Å². The molecule has 0 radical (unpaired) electrons. The van der Waals surface area contributed by atoms with Crippen molar-refractivity contribution < 1.29 is 24.2 Å². The number of amides is 2. The number of hydrogen-bond donors (Lipinski definition) is 3. The second kappa shape index (κ2) is 6.78. The number of halogens is 1. The molecule has 8 heteroatoms. The fourth-order valence-electron chi connectivity index (χ4n) is 2.35. The molecule has 1 unspecified atom stereocenters. The highest BCUT2D eigenvalue weighted by atomic mass is 35.5. The Morgan fingerprint density at radius 3 is 2.74 bits per heavy atom. The highest BCUT2D eigenvalue weighted by Gasteiger charge is 2.32. The lowest BCUT2D eigenvalue weighted by Crippen LogP contribution is -2.45. The minimum Gasteiger partial charge on any atom is -0.503 e. The number of esters is 1. The third-order valence-corrected chi connectivity index (χ3v) is 3.65. The molecule has 0 saturated heterocycles. The molecule has 0 aliphatic carbocycles. The predicted molar refractivity (Wildman–Crippen MR) is 83.4 cm³/mol. The monoisotopic (exact) mass is 340 g/mol. The number of benzene rings is 1. The van der Waals surface area contributed by atoms with E-state index in [1.54, 1.807) is 13.8 Å². The van der Waals surface area contributed by atoms with Gasteiger partial charge in [0.25, 0.3) is 0 Å². The van der Waals surface area contributed by atoms with Crippen LogP contribution in [0.5, 0.6) is 11.5 Å². The maximum Gasteiger partial charge on any atom is 0.337 e.